The van der Waals surface area contributed by atoms with Crippen molar-refractivity contribution in [3.8, 4) is 5.75 Å². The molecule has 0 bridgehead atoms. The van der Waals surface area contributed by atoms with E-state index in [0.717, 1.165) is 16.9 Å². The summed E-state index contributed by atoms with van der Waals surface area (Å²) in [6, 6.07) is 7.82. The average Bonchev–Trinajstić information content (AvgIpc) is 2.97. The summed E-state index contributed by atoms with van der Waals surface area (Å²) in [6.45, 7) is 21.8. The molecule has 1 aromatic carbocycles. The van der Waals surface area contributed by atoms with Crippen LogP contribution in [0.2, 0.25) is 18.1 Å². The normalized spacial score (nSPS) is 27.0. The minimum atomic E-state index is -2.09. The largest absolute Gasteiger partial charge is 0.497 e. The van der Waals surface area contributed by atoms with E-state index in [1.54, 1.807) is 14.0 Å². The molecule has 6 heteroatoms. The van der Waals surface area contributed by atoms with Gasteiger partial charge in [0.1, 0.15) is 17.5 Å². The second-order valence-corrected chi connectivity index (χ2v) is 16.4. The number of hydrogen-bond donors (Lipinski definition) is 2. The topological polar surface area (TPSA) is 68.2 Å². The van der Waals surface area contributed by atoms with Gasteiger partial charge in [0.2, 0.25) is 0 Å². The van der Waals surface area contributed by atoms with Crippen molar-refractivity contribution < 1.29 is 24.1 Å². The molecule has 0 heterocycles. The lowest BCUT2D eigenvalue weighted by Crippen LogP contribution is -2.51. The molecule has 0 aliphatic heterocycles. The van der Waals surface area contributed by atoms with Crippen LogP contribution in [-0.2, 0) is 15.8 Å². The van der Waals surface area contributed by atoms with Gasteiger partial charge in [-0.25, -0.2) is 0 Å². The van der Waals surface area contributed by atoms with Crippen molar-refractivity contribution >= 4 is 8.32 Å². The van der Waals surface area contributed by atoms with E-state index >= 15 is 0 Å². The first kappa shape index (κ1) is 28.8. The summed E-state index contributed by atoms with van der Waals surface area (Å²) in [5.74, 6) is 0.564. The molecule has 0 radical (unpaired) electrons. The second kappa shape index (κ2) is 11.1. The quantitative estimate of drug-likeness (QED) is 0.317. The van der Waals surface area contributed by atoms with E-state index in [2.05, 4.69) is 53.4 Å². The number of methoxy groups -OCH3 is 1. The molecule has 2 N–H and O–H groups in total. The number of aliphatic hydroxyl groups is 2. The Morgan fingerprint density at radius 2 is 1.82 bits per heavy atom. The molecule has 1 saturated carbocycles. The van der Waals surface area contributed by atoms with Gasteiger partial charge in [-0.2, -0.15) is 0 Å². The molecule has 1 aromatic rings. The third kappa shape index (κ3) is 6.61. The van der Waals surface area contributed by atoms with Crippen molar-refractivity contribution in [1.29, 1.82) is 0 Å². The smallest absolute Gasteiger partial charge is 0.192 e. The van der Waals surface area contributed by atoms with Crippen LogP contribution in [0.15, 0.2) is 48.1 Å². The lowest BCUT2D eigenvalue weighted by molar-refractivity contribution is -0.0830. The van der Waals surface area contributed by atoms with Crippen LogP contribution in [0.1, 0.15) is 53.5 Å². The summed E-state index contributed by atoms with van der Waals surface area (Å²) < 4.78 is 18.0. The minimum Gasteiger partial charge on any atom is -0.497 e. The summed E-state index contributed by atoms with van der Waals surface area (Å²) in [5, 5.41) is 22.8. The highest BCUT2D eigenvalue weighted by Crippen LogP contribution is 2.49. The molecule has 34 heavy (non-hydrogen) atoms. The summed E-state index contributed by atoms with van der Waals surface area (Å²) in [5.41, 5.74) is 1.31. The third-order valence-electron chi connectivity index (χ3n) is 7.54. The van der Waals surface area contributed by atoms with Crippen LogP contribution in [0.25, 0.3) is 0 Å². The molecule has 5 nitrogen and oxygen atoms in total. The van der Waals surface area contributed by atoms with Gasteiger partial charge in [0.05, 0.1) is 26.4 Å². The van der Waals surface area contributed by atoms with Crippen LogP contribution >= 0.6 is 0 Å². The van der Waals surface area contributed by atoms with Gasteiger partial charge in [0.15, 0.2) is 8.32 Å². The Morgan fingerprint density at radius 3 is 2.32 bits per heavy atom. The van der Waals surface area contributed by atoms with E-state index in [1.165, 1.54) is 0 Å². The number of rotatable bonds is 10. The fraction of sp³-hybridized carbons (Fsp3) is 0.643. The maximum atomic E-state index is 11.8. The SMILES string of the molecule is C=C(C)C(O)[C@@]1(O)C[C@H](C)[C@@H](O[Si](C)(C)C(C)(C)C)[C@@H]1/C=C(\C)COCc1ccc(OC)cc1. The van der Waals surface area contributed by atoms with Gasteiger partial charge in [-0.15, -0.1) is 0 Å². The number of hydrogen-bond acceptors (Lipinski definition) is 5. The first-order valence-electron chi connectivity index (χ1n) is 12.2. The minimum absolute atomic E-state index is 0.0468. The lowest BCUT2D eigenvalue weighted by Gasteiger charge is -2.42. The van der Waals surface area contributed by atoms with Gasteiger partial charge < -0.3 is 24.1 Å². The van der Waals surface area contributed by atoms with E-state index in [-0.39, 0.29) is 23.0 Å². The molecule has 192 valence electrons. The number of ether oxygens (including phenoxy) is 2. The Kier molecular flexibility index (Phi) is 9.39. The van der Waals surface area contributed by atoms with E-state index in [4.69, 9.17) is 13.9 Å². The van der Waals surface area contributed by atoms with Crippen molar-refractivity contribution in [2.24, 2.45) is 11.8 Å². The van der Waals surface area contributed by atoms with Gasteiger partial charge >= 0.3 is 0 Å². The molecule has 0 amide bonds. The van der Waals surface area contributed by atoms with Crippen molar-refractivity contribution in [1.82, 2.24) is 0 Å². The van der Waals surface area contributed by atoms with Gasteiger partial charge in [-0.3, -0.25) is 0 Å². The third-order valence-corrected chi connectivity index (χ3v) is 12.0. The Bertz CT molecular complexity index is 855. The molecule has 1 aliphatic rings. The Hall–Kier alpha value is -1.44. The highest BCUT2D eigenvalue weighted by Gasteiger charge is 2.56. The highest BCUT2D eigenvalue weighted by atomic mass is 28.4. The summed E-state index contributed by atoms with van der Waals surface area (Å²) in [7, 11) is -0.442. The average molecular weight is 491 g/mol. The highest BCUT2D eigenvalue weighted by molar-refractivity contribution is 6.74. The molecular weight excluding hydrogens is 444 g/mol. The first-order chi connectivity index (χ1) is 15.6. The predicted octanol–water partition coefficient (Wildman–Crippen LogP) is 5.87. The van der Waals surface area contributed by atoms with Gasteiger partial charge in [-0.1, -0.05) is 58.1 Å². The molecule has 5 atom stereocenters. The van der Waals surface area contributed by atoms with Crippen molar-refractivity contribution in [3.05, 3.63) is 53.6 Å². The summed E-state index contributed by atoms with van der Waals surface area (Å²) in [4.78, 5) is 0. The van der Waals surface area contributed by atoms with Gasteiger partial charge in [0.25, 0.3) is 0 Å². The molecular formula is C28H46O5Si. The Balaban J connectivity index is 2.25. The van der Waals surface area contributed by atoms with Crippen molar-refractivity contribution in [3.63, 3.8) is 0 Å². The Labute approximate surface area is 208 Å². The summed E-state index contributed by atoms with van der Waals surface area (Å²) >= 11 is 0. The zero-order valence-electron chi connectivity index (χ0n) is 22.6. The molecule has 0 spiro atoms. The standard InChI is InChI=1S/C28H46O5Si/c1-19(2)26(29)28(30)16-21(4)25(33-34(9,10)27(5,6)7)24(28)15-20(3)17-32-18-22-11-13-23(31-8)14-12-22/h11-15,21,24-26,29-30H,1,16-18H2,2-10H3/b20-15+/t21-,24-,25+,26?,28+/m0/s1. The van der Waals surface area contributed by atoms with E-state index in [0.29, 0.717) is 25.2 Å². The van der Waals surface area contributed by atoms with E-state index in [1.807, 2.05) is 31.2 Å². The monoisotopic (exact) mass is 490 g/mol. The Morgan fingerprint density at radius 1 is 1.24 bits per heavy atom. The van der Waals surface area contributed by atoms with Crippen molar-refractivity contribution in [2.45, 2.75) is 90.5 Å². The molecule has 2 rings (SSSR count). The molecule has 1 fully saturated rings. The molecule has 1 unspecified atom stereocenters. The zero-order chi connectivity index (χ0) is 25.9. The summed E-state index contributed by atoms with van der Waals surface area (Å²) in [6.07, 6.45) is 1.32. The van der Waals surface area contributed by atoms with E-state index in [9.17, 15) is 10.2 Å². The lowest BCUT2D eigenvalue weighted by atomic mass is 9.81. The predicted molar refractivity (Wildman–Crippen MR) is 142 cm³/mol. The van der Waals surface area contributed by atoms with Crippen LogP contribution in [0, 0.1) is 11.8 Å². The van der Waals surface area contributed by atoms with Gasteiger partial charge in [0, 0.05) is 5.92 Å². The zero-order valence-corrected chi connectivity index (χ0v) is 23.6. The fourth-order valence-electron chi connectivity index (χ4n) is 4.48. The van der Waals surface area contributed by atoms with Crippen LogP contribution in [0.5, 0.6) is 5.75 Å². The number of benzene rings is 1. The first-order valence-corrected chi connectivity index (χ1v) is 15.1. The van der Waals surface area contributed by atoms with Crippen LogP contribution in [0.3, 0.4) is 0 Å². The van der Waals surface area contributed by atoms with Crippen molar-refractivity contribution in [2.75, 3.05) is 13.7 Å². The molecule has 0 saturated heterocycles. The molecule has 0 aromatic heterocycles. The van der Waals surface area contributed by atoms with Gasteiger partial charge in [-0.05, 0) is 67.6 Å². The maximum absolute atomic E-state index is 11.8. The molecule has 1 aliphatic carbocycles. The maximum Gasteiger partial charge on any atom is 0.192 e. The van der Waals surface area contributed by atoms with Crippen LogP contribution < -0.4 is 4.74 Å². The fourth-order valence-corrected chi connectivity index (χ4v) is 5.89. The number of aliphatic hydroxyl groups excluding tert-OH is 1. The second-order valence-electron chi connectivity index (χ2n) is 11.6. The van der Waals surface area contributed by atoms with E-state index < -0.39 is 20.0 Å². The van der Waals surface area contributed by atoms with Crippen LogP contribution in [-0.4, -0.2) is 50.1 Å². The van der Waals surface area contributed by atoms with Crippen LogP contribution in [0.4, 0.5) is 0 Å².